The smallest absolute Gasteiger partial charge is 0.432 e. The number of phosphoric acid groups is 1. The molecular formula is C24H38FN2O14P. The Bertz CT molecular complexity index is 1050. The Kier molecular flexibility index (Phi) is 11.9. The molecule has 6 atom stereocenters. The molecule has 0 bridgehead atoms. The van der Waals surface area contributed by atoms with Gasteiger partial charge in [-0.1, -0.05) is 6.58 Å². The third-order valence-electron chi connectivity index (χ3n) is 5.55. The highest BCUT2D eigenvalue weighted by Crippen LogP contribution is 2.54. The van der Waals surface area contributed by atoms with Crippen LogP contribution < -0.4 is 5.32 Å². The summed E-state index contributed by atoms with van der Waals surface area (Å²) < 4.78 is 69.0. The lowest BCUT2D eigenvalue weighted by molar-refractivity contribution is -0.154. The average Bonchev–Trinajstić information content (AvgIpc) is 3.02. The molecule has 1 amide bonds. The van der Waals surface area contributed by atoms with Crippen molar-refractivity contribution in [3.8, 4) is 0 Å². The Morgan fingerprint density at radius 2 is 1.60 bits per heavy atom. The minimum absolute atomic E-state index is 0.0496. The minimum Gasteiger partial charge on any atom is -0.432 e. The maximum absolute atomic E-state index is 14.6. The first-order chi connectivity index (χ1) is 19.3. The lowest BCUT2D eigenvalue weighted by Crippen LogP contribution is -2.55. The van der Waals surface area contributed by atoms with Crippen molar-refractivity contribution in [3.05, 3.63) is 24.7 Å². The highest BCUT2D eigenvalue weighted by molar-refractivity contribution is 7.48. The van der Waals surface area contributed by atoms with Gasteiger partial charge in [0, 0.05) is 12.3 Å². The highest BCUT2D eigenvalue weighted by atomic mass is 31.2. The van der Waals surface area contributed by atoms with Gasteiger partial charge in [0.1, 0.15) is 24.2 Å². The minimum atomic E-state index is -4.97. The largest absolute Gasteiger partial charge is 0.510 e. The van der Waals surface area contributed by atoms with Gasteiger partial charge >= 0.3 is 20.1 Å². The number of alkyl halides is 1. The molecule has 18 heteroatoms. The van der Waals surface area contributed by atoms with Crippen molar-refractivity contribution >= 4 is 26.0 Å². The van der Waals surface area contributed by atoms with Crippen LogP contribution in [0.2, 0.25) is 0 Å². The number of aliphatic hydroxyl groups is 2. The molecule has 0 spiro atoms. The molecule has 1 fully saturated rings. The Morgan fingerprint density at radius 1 is 1.10 bits per heavy atom. The number of hydrogen-bond donors (Lipinski definition) is 3. The number of carbonyl (C=O) groups excluding carboxylic acids is 3. The summed E-state index contributed by atoms with van der Waals surface area (Å²) in [6.07, 6.45) is -8.04. The predicted molar refractivity (Wildman–Crippen MR) is 139 cm³/mol. The van der Waals surface area contributed by atoms with Crippen molar-refractivity contribution in [1.82, 2.24) is 10.2 Å². The number of amides is 1. The number of hydrogen-bond acceptors (Lipinski definition) is 15. The predicted octanol–water partition coefficient (Wildman–Crippen LogP) is 2.55. The monoisotopic (exact) mass is 628 g/mol. The van der Waals surface area contributed by atoms with Crippen LogP contribution in [0.3, 0.4) is 0 Å². The number of ether oxygens (including phenoxy) is 5. The van der Waals surface area contributed by atoms with Crippen LogP contribution in [-0.4, -0.2) is 94.9 Å². The van der Waals surface area contributed by atoms with Crippen molar-refractivity contribution in [3.63, 3.8) is 0 Å². The SMILES string of the molecule is C=C1NC(=O)C=CN1[C@@H]1O[C@](CF)(COP(=O)(OC(C)OC(=O)OC(C)C)OC(C)OC(=O)OC(C)C)[C@@H](O)[C@@]1(C)O. The van der Waals surface area contributed by atoms with Crippen LogP contribution in [0.15, 0.2) is 24.7 Å². The van der Waals surface area contributed by atoms with E-state index in [9.17, 15) is 33.6 Å². The van der Waals surface area contributed by atoms with Crippen LogP contribution in [0.5, 0.6) is 0 Å². The second kappa shape index (κ2) is 14.1. The number of phosphoric ester groups is 1. The van der Waals surface area contributed by atoms with Gasteiger partial charge < -0.3 is 44.1 Å². The van der Waals surface area contributed by atoms with Gasteiger partial charge in [-0.05, 0) is 48.5 Å². The fourth-order valence-corrected chi connectivity index (χ4v) is 5.13. The van der Waals surface area contributed by atoms with Crippen LogP contribution in [0.1, 0.15) is 48.5 Å². The standard InChI is InChI=1S/C24H38FN2O14P/c1-13(2)35-21(30)37-16(6)40-42(33,41-17(7)38-22(31)36-14(3)4)34-12-24(11-25)19(29)23(8,32)20(39-24)27-10-9-18(28)26-15(27)5/h9-10,13-14,16-17,19-20,29,32H,5,11-12H2,1-4,6-8H3,(H,26,28)/t16?,17?,19-,20+,23+,24+,42?/m0/s1. The normalized spacial score (nSPS) is 28.7. The third-order valence-corrected chi connectivity index (χ3v) is 7.11. The van der Waals surface area contributed by atoms with Gasteiger partial charge in [0.2, 0.25) is 12.6 Å². The van der Waals surface area contributed by atoms with Crippen molar-refractivity contribution in [2.75, 3.05) is 13.3 Å². The lowest BCUT2D eigenvalue weighted by Gasteiger charge is -2.37. The van der Waals surface area contributed by atoms with E-state index in [1.807, 2.05) is 0 Å². The van der Waals surface area contributed by atoms with Crippen LogP contribution in [0, 0.1) is 0 Å². The van der Waals surface area contributed by atoms with Gasteiger partial charge in [-0.15, -0.1) is 0 Å². The van der Waals surface area contributed by atoms with Crippen LogP contribution >= 0.6 is 7.82 Å². The van der Waals surface area contributed by atoms with Crippen molar-refractivity contribution < 1.29 is 70.8 Å². The summed E-state index contributed by atoms with van der Waals surface area (Å²) in [5.74, 6) is -0.571. The summed E-state index contributed by atoms with van der Waals surface area (Å²) in [6.45, 7) is 10.7. The molecule has 2 heterocycles. The Morgan fingerprint density at radius 3 is 2.02 bits per heavy atom. The molecule has 16 nitrogen and oxygen atoms in total. The number of aliphatic hydroxyl groups excluding tert-OH is 1. The fourth-order valence-electron chi connectivity index (χ4n) is 3.77. The van der Waals surface area contributed by atoms with E-state index in [0.717, 1.165) is 31.7 Å². The van der Waals surface area contributed by atoms with Crippen LogP contribution in [0.4, 0.5) is 14.0 Å². The van der Waals surface area contributed by atoms with E-state index in [1.165, 1.54) is 6.20 Å². The van der Waals surface area contributed by atoms with Gasteiger partial charge in [0.25, 0.3) is 5.91 Å². The van der Waals surface area contributed by atoms with Gasteiger partial charge in [-0.3, -0.25) is 9.32 Å². The molecule has 240 valence electrons. The zero-order valence-corrected chi connectivity index (χ0v) is 25.2. The summed E-state index contributed by atoms with van der Waals surface area (Å²) in [5, 5.41) is 24.4. The maximum Gasteiger partial charge on any atom is 0.510 e. The third kappa shape index (κ3) is 9.10. The number of rotatable bonds is 13. The summed E-state index contributed by atoms with van der Waals surface area (Å²) >= 11 is 0. The summed E-state index contributed by atoms with van der Waals surface area (Å²) in [5.41, 5.74) is -4.59. The molecule has 0 saturated carbocycles. The molecule has 2 aliphatic rings. The molecule has 1 saturated heterocycles. The van der Waals surface area contributed by atoms with Crippen LogP contribution in [0.25, 0.3) is 0 Å². The molecular weight excluding hydrogens is 590 g/mol. The molecule has 0 aromatic carbocycles. The summed E-state index contributed by atoms with van der Waals surface area (Å²) in [7, 11) is -4.97. The zero-order valence-electron chi connectivity index (χ0n) is 24.3. The number of halogens is 1. The average molecular weight is 629 g/mol. The van der Waals surface area contributed by atoms with Gasteiger partial charge in [0.05, 0.1) is 18.8 Å². The second-order valence-electron chi connectivity index (χ2n) is 10.1. The number of nitrogens with zero attached hydrogens (tertiary/aromatic N) is 1. The summed E-state index contributed by atoms with van der Waals surface area (Å²) in [6, 6.07) is 0. The van der Waals surface area contributed by atoms with E-state index >= 15 is 0 Å². The quantitative estimate of drug-likeness (QED) is 0.153. The maximum atomic E-state index is 14.6. The zero-order chi connectivity index (χ0) is 32.0. The topological polar surface area (TPSA) is 198 Å². The number of nitrogens with one attached hydrogen (secondary N) is 1. The molecule has 0 aliphatic carbocycles. The van der Waals surface area contributed by atoms with Gasteiger partial charge in [-0.25, -0.2) is 27.6 Å². The van der Waals surface area contributed by atoms with Gasteiger partial charge in [0.15, 0.2) is 11.8 Å². The molecule has 2 aliphatic heterocycles. The van der Waals surface area contributed by atoms with Crippen molar-refractivity contribution in [2.24, 2.45) is 0 Å². The van der Waals surface area contributed by atoms with Crippen molar-refractivity contribution in [2.45, 2.75) is 96.8 Å². The van der Waals surface area contributed by atoms with E-state index < -0.39 is 87.6 Å². The molecule has 2 unspecified atom stereocenters. The van der Waals surface area contributed by atoms with E-state index in [0.29, 0.717) is 0 Å². The summed E-state index contributed by atoms with van der Waals surface area (Å²) in [4.78, 5) is 36.5. The first-order valence-corrected chi connectivity index (χ1v) is 14.3. The van der Waals surface area contributed by atoms with E-state index in [1.54, 1.807) is 27.7 Å². The fraction of sp³-hybridized carbons (Fsp3) is 0.708. The Hall–Kier alpha value is -2.79. The molecule has 0 aromatic heterocycles. The van der Waals surface area contributed by atoms with E-state index in [4.69, 9.17) is 37.3 Å². The highest BCUT2D eigenvalue weighted by Gasteiger charge is 2.64. The molecule has 0 radical (unpaired) electrons. The van der Waals surface area contributed by atoms with Gasteiger partial charge in [-0.2, -0.15) is 0 Å². The van der Waals surface area contributed by atoms with E-state index in [-0.39, 0.29) is 5.82 Å². The van der Waals surface area contributed by atoms with E-state index in [2.05, 4.69) is 11.9 Å². The molecule has 0 aromatic rings. The molecule has 3 N–H and O–H groups in total. The lowest BCUT2D eigenvalue weighted by atomic mass is 9.88. The second-order valence-corrected chi connectivity index (χ2v) is 11.7. The number of carbonyl (C=O) groups is 3. The first-order valence-electron chi connectivity index (χ1n) is 12.8. The molecule has 42 heavy (non-hydrogen) atoms. The Balaban J connectivity index is 2.29. The first kappa shape index (κ1) is 35.4. The van der Waals surface area contributed by atoms with Crippen LogP contribution in [-0.2, 0) is 46.6 Å². The molecule has 2 rings (SSSR count). The van der Waals surface area contributed by atoms with Crippen molar-refractivity contribution in [1.29, 1.82) is 0 Å². The Labute approximate surface area is 242 Å².